The largest absolute Gasteiger partial charge is 0.478 e. The summed E-state index contributed by atoms with van der Waals surface area (Å²) in [5, 5.41) is 26.1. The number of aryl methyl sites for hydroxylation is 1. The van der Waals surface area contributed by atoms with Crippen LogP contribution in [0.5, 0.6) is 5.75 Å². The Morgan fingerprint density at radius 3 is 1.38 bits per heavy atom. The highest BCUT2D eigenvalue weighted by molar-refractivity contribution is 6.03. The van der Waals surface area contributed by atoms with Gasteiger partial charge in [-0.15, -0.1) is 0 Å². The summed E-state index contributed by atoms with van der Waals surface area (Å²) in [4.78, 5) is 44.0. The number of hydrogen-bond donors (Lipinski definition) is 3. The van der Waals surface area contributed by atoms with Gasteiger partial charge in [0.1, 0.15) is 5.75 Å². The number of ether oxygens (including phenoxy) is 1. The van der Waals surface area contributed by atoms with E-state index in [-0.39, 0.29) is 22.3 Å². The van der Waals surface area contributed by atoms with Gasteiger partial charge in [0.2, 0.25) is 0 Å². The molecule has 8 nitrogen and oxygen atoms in total. The van der Waals surface area contributed by atoms with E-state index in [1.165, 1.54) is 36.4 Å². The summed E-state index contributed by atoms with van der Waals surface area (Å²) in [5.74, 6) is -3.89. The van der Waals surface area contributed by atoms with E-state index in [0.717, 1.165) is 12.0 Å². The maximum absolute atomic E-state index is 12.0. The van der Waals surface area contributed by atoms with Crippen LogP contribution in [0, 0.1) is 0 Å². The predicted octanol–water partition coefficient (Wildman–Crippen LogP) is 4.25. The van der Waals surface area contributed by atoms with E-state index in [4.69, 9.17) is 20.1 Å². The smallest absolute Gasteiger partial charge is 0.344 e. The summed E-state index contributed by atoms with van der Waals surface area (Å²) in [6.07, 6.45) is 0.899. The van der Waals surface area contributed by atoms with Crippen LogP contribution in [0.1, 0.15) is 53.9 Å². The fraction of sp³-hybridized carbons (Fsp3) is 0.0833. The third kappa shape index (κ3) is 6.27. The normalized spacial score (nSPS) is 9.78. The lowest BCUT2D eigenvalue weighted by molar-refractivity contribution is 0.0651. The summed E-state index contributed by atoms with van der Waals surface area (Å²) in [5.41, 5.74) is 0.730. The van der Waals surface area contributed by atoms with Crippen molar-refractivity contribution >= 4 is 23.9 Å². The van der Waals surface area contributed by atoms with E-state index in [0.29, 0.717) is 5.75 Å². The van der Waals surface area contributed by atoms with Gasteiger partial charge in [-0.05, 0) is 48.4 Å². The minimum absolute atomic E-state index is 0.0413. The van der Waals surface area contributed by atoms with Crippen molar-refractivity contribution in [2.75, 3.05) is 0 Å². The number of aromatic carboxylic acids is 3. The van der Waals surface area contributed by atoms with E-state index in [1.807, 2.05) is 19.1 Å². The monoisotopic (exact) mass is 436 g/mol. The maximum atomic E-state index is 12.0. The first kappa shape index (κ1) is 23.8. The number of esters is 1. The van der Waals surface area contributed by atoms with Crippen molar-refractivity contribution in [2.24, 2.45) is 0 Å². The molecule has 3 aromatic rings. The highest BCUT2D eigenvalue weighted by Crippen LogP contribution is 2.16. The molecule has 0 fully saturated rings. The van der Waals surface area contributed by atoms with Crippen LogP contribution in [0.3, 0.4) is 0 Å². The van der Waals surface area contributed by atoms with Crippen LogP contribution >= 0.6 is 0 Å². The van der Waals surface area contributed by atoms with Crippen molar-refractivity contribution in [1.82, 2.24) is 0 Å². The molecule has 164 valence electrons. The Labute approximate surface area is 183 Å². The lowest BCUT2D eigenvalue weighted by Crippen LogP contribution is -2.13. The number of rotatable bonds is 6. The highest BCUT2D eigenvalue weighted by atomic mass is 16.5. The van der Waals surface area contributed by atoms with Crippen LogP contribution in [0.25, 0.3) is 0 Å². The van der Waals surface area contributed by atoms with Crippen LogP contribution in [-0.2, 0) is 6.42 Å². The first-order valence-corrected chi connectivity index (χ1v) is 9.43. The Bertz CT molecular complexity index is 1100. The molecule has 0 aliphatic rings. The third-order valence-corrected chi connectivity index (χ3v) is 4.31. The minimum Gasteiger partial charge on any atom is -0.478 e. The molecule has 0 aliphatic carbocycles. The number of carbonyl (C=O) groups is 4. The van der Waals surface area contributed by atoms with Gasteiger partial charge in [-0.2, -0.15) is 0 Å². The zero-order chi connectivity index (χ0) is 23.7. The standard InChI is InChI=1S/C16H14O4.C8H6O4/c1-2-11-7-9-12(10-8-11)20-16(19)14-6-4-3-5-13(14)15(17)18;9-7(10)5-3-1-2-4-6(5)8(11)12/h3-10H,2H2,1H3,(H,17,18);1-4H,(H,9,10)(H,11,12). The highest BCUT2D eigenvalue weighted by Gasteiger charge is 2.17. The fourth-order valence-electron chi connectivity index (χ4n) is 2.66. The molecule has 0 amide bonds. The van der Waals surface area contributed by atoms with E-state index >= 15 is 0 Å². The molecule has 32 heavy (non-hydrogen) atoms. The molecule has 3 N–H and O–H groups in total. The molecular formula is C24H20O8. The summed E-state index contributed by atoms with van der Waals surface area (Å²) < 4.78 is 5.19. The van der Waals surface area contributed by atoms with Gasteiger partial charge in [-0.1, -0.05) is 43.3 Å². The minimum atomic E-state index is -1.23. The van der Waals surface area contributed by atoms with Gasteiger partial charge >= 0.3 is 23.9 Å². The van der Waals surface area contributed by atoms with Gasteiger partial charge in [-0.3, -0.25) is 0 Å². The van der Waals surface area contributed by atoms with Gasteiger partial charge < -0.3 is 20.1 Å². The molecule has 0 atom stereocenters. The number of carboxylic acid groups (broad SMARTS) is 3. The quantitative estimate of drug-likeness (QED) is 0.385. The number of hydrogen-bond acceptors (Lipinski definition) is 5. The van der Waals surface area contributed by atoms with E-state index in [2.05, 4.69) is 0 Å². The lowest BCUT2D eigenvalue weighted by Gasteiger charge is -2.07. The second kappa shape index (κ2) is 11.1. The summed E-state index contributed by atoms with van der Waals surface area (Å²) in [6, 6.07) is 18.6. The predicted molar refractivity (Wildman–Crippen MR) is 115 cm³/mol. The van der Waals surface area contributed by atoms with Crippen molar-refractivity contribution in [3.8, 4) is 5.75 Å². The van der Waals surface area contributed by atoms with Crippen LogP contribution in [-0.4, -0.2) is 39.2 Å². The van der Waals surface area contributed by atoms with Crippen molar-refractivity contribution in [3.63, 3.8) is 0 Å². The van der Waals surface area contributed by atoms with Gasteiger partial charge in [-0.25, -0.2) is 19.2 Å². The zero-order valence-electron chi connectivity index (χ0n) is 17.0. The molecule has 3 aromatic carbocycles. The summed E-state index contributed by atoms with van der Waals surface area (Å²) >= 11 is 0. The average Bonchev–Trinajstić information content (AvgIpc) is 2.79. The lowest BCUT2D eigenvalue weighted by atomic mass is 10.1. The van der Waals surface area contributed by atoms with Crippen molar-refractivity contribution in [3.05, 3.63) is 101 Å². The van der Waals surface area contributed by atoms with Gasteiger partial charge in [0.25, 0.3) is 0 Å². The second-order valence-electron chi connectivity index (χ2n) is 6.39. The molecule has 0 spiro atoms. The van der Waals surface area contributed by atoms with Crippen molar-refractivity contribution < 1.29 is 39.2 Å². The number of carboxylic acids is 3. The molecule has 3 rings (SSSR count). The Morgan fingerprint density at radius 1 is 0.625 bits per heavy atom. The molecule has 0 radical (unpaired) electrons. The van der Waals surface area contributed by atoms with Crippen LogP contribution in [0.2, 0.25) is 0 Å². The van der Waals surface area contributed by atoms with Crippen LogP contribution in [0.15, 0.2) is 72.8 Å². The Kier molecular flexibility index (Phi) is 8.24. The molecule has 0 heterocycles. The molecule has 0 unspecified atom stereocenters. The Hall–Kier alpha value is -4.46. The first-order chi connectivity index (χ1) is 15.2. The fourth-order valence-corrected chi connectivity index (χ4v) is 2.66. The van der Waals surface area contributed by atoms with Gasteiger partial charge in [0.15, 0.2) is 0 Å². The van der Waals surface area contributed by atoms with E-state index in [1.54, 1.807) is 24.3 Å². The SMILES string of the molecule is CCc1ccc(OC(=O)c2ccccc2C(=O)O)cc1.O=C(O)c1ccccc1C(=O)O. The second-order valence-corrected chi connectivity index (χ2v) is 6.39. The molecule has 0 aliphatic heterocycles. The Morgan fingerprint density at radius 2 is 1.00 bits per heavy atom. The molecule has 0 saturated carbocycles. The number of benzene rings is 3. The van der Waals surface area contributed by atoms with Crippen LogP contribution in [0.4, 0.5) is 0 Å². The first-order valence-electron chi connectivity index (χ1n) is 9.43. The topological polar surface area (TPSA) is 138 Å². The van der Waals surface area contributed by atoms with Crippen molar-refractivity contribution in [2.45, 2.75) is 13.3 Å². The summed E-state index contributed by atoms with van der Waals surface area (Å²) in [7, 11) is 0. The Balaban J connectivity index is 0.000000258. The molecule has 0 aromatic heterocycles. The molecule has 0 saturated heterocycles. The molecule has 0 bridgehead atoms. The average molecular weight is 436 g/mol. The molecule has 8 heteroatoms. The zero-order valence-corrected chi connectivity index (χ0v) is 17.0. The number of carbonyl (C=O) groups excluding carboxylic acids is 1. The summed E-state index contributed by atoms with van der Waals surface area (Å²) in [6.45, 7) is 2.03. The van der Waals surface area contributed by atoms with Crippen LogP contribution < -0.4 is 4.74 Å². The van der Waals surface area contributed by atoms with E-state index in [9.17, 15) is 19.2 Å². The van der Waals surface area contributed by atoms with Gasteiger partial charge in [0.05, 0.1) is 22.3 Å². The van der Waals surface area contributed by atoms with Crippen molar-refractivity contribution in [1.29, 1.82) is 0 Å². The molecular weight excluding hydrogens is 416 g/mol. The van der Waals surface area contributed by atoms with Gasteiger partial charge in [0, 0.05) is 0 Å². The van der Waals surface area contributed by atoms with E-state index < -0.39 is 23.9 Å². The maximum Gasteiger partial charge on any atom is 0.344 e. The third-order valence-electron chi connectivity index (χ3n) is 4.31.